The van der Waals surface area contributed by atoms with Crippen LogP contribution in [0.2, 0.25) is 0 Å². The first-order chi connectivity index (χ1) is 12.7. The van der Waals surface area contributed by atoms with Crippen LogP contribution in [0.5, 0.6) is 0 Å². The van der Waals surface area contributed by atoms with Crippen LogP contribution in [0.15, 0.2) is 48.5 Å². The highest BCUT2D eigenvalue weighted by Gasteiger charge is 2.17. The average Bonchev–Trinajstić information content (AvgIpc) is 3.12. The molecule has 0 aliphatic carbocycles. The predicted octanol–water partition coefficient (Wildman–Crippen LogP) is 4.78. The van der Waals surface area contributed by atoms with Crippen molar-refractivity contribution in [3.8, 4) is 0 Å². The Morgan fingerprint density at radius 1 is 1.12 bits per heavy atom. The lowest BCUT2D eigenvalue weighted by Crippen LogP contribution is -2.29. The third kappa shape index (κ3) is 3.58. The normalized spacial score (nSPS) is 15.8. The van der Waals surface area contributed by atoms with Crippen molar-refractivity contribution in [2.45, 2.75) is 32.2 Å². The number of fused-ring (bicyclic) bond motifs is 1. The molecule has 1 fully saturated rings. The van der Waals surface area contributed by atoms with Gasteiger partial charge in [0.15, 0.2) is 5.13 Å². The monoisotopic (exact) mass is 365 g/mol. The summed E-state index contributed by atoms with van der Waals surface area (Å²) in [5.41, 5.74) is 2.77. The lowest BCUT2D eigenvalue weighted by Gasteiger charge is -2.25. The molecule has 0 spiro atoms. The minimum Gasteiger partial charge on any atom is -0.348 e. The molecule has 26 heavy (non-hydrogen) atoms. The summed E-state index contributed by atoms with van der Waals surface area (Å²) in [6.45, 7) is 4.18. The Kier molecular flexibility index (Phi) is 4.89. The summed E-state index contributed by atoms with van der Waals surface area (Å²) >= 11 is 1.69. The summed E-state index contributed by atoms with van der Waals surface area (Å²) in [7, 11) is 0. The number of thiazole rings is 1. The van der Waals surface area contributed by atoms with Crippen molar-refractivity contribution >= 4 is 32.6 Å². The number of benzene rings is 2. The topological polar surface area (TPSA) is 45.2 Å². The van der Waals surface area contributed by atoms with E-state index in [-0.39, 0.29) is 11.9 Å². The van der Waals surface area contributed by atoms with Gasteiger partial charge in [0.2, 0.25) is 0 Å². The number of aromatic nitrogens is 1. The van der Waals surface area contributed by atoms with Gasteiger partial charge in [-0.2, -0.15) is 0 Å². The van der Waals surface area contributed by atoms with Gasteiger partial charge in [0.05, 0.1) is 16.3 Å². The Balaban J connectivity index is 1.52. The van der Waals surface area contributed by atoms with Crippen molar-refractivity contribution in [2.24, 2.45) is 0 Å². The number of nitrogens with one attached hydrogen (secondary N) is 1. The van der Waals surface area contributed by atoms with E-state index in [4.69, 9.17) is 4.98 Å². The number of amides is 1. The van der Waals surface area contributed by atoms with E-state index < -0.39 is 0 Å². The molecule has 0 unspecified atom stereocenters. The van der Waals surface area contributed by atoms with Gasteiger partial charge in [-0.15, -0.1) is 0 Å². The van der Waals surface area contributed by atoms with Crippen molar-refractivity contribution in [2.75, 3.05) is 18.0 Å². The molecule has 2 heterocycles. The van der Waals surface area contributed by atoms with Crippen LogP contribution >= 0.6 is 11.3 Å². The van der Waals surface area contributed by atoms with Gasteiger partial charge in [-0.05, 0) is 49.9 Å². The first-order valence-electron chi connectivity index (χ1n) is 9.22. The van der Waals surface area contributed by atoms with Crippen molar-refractivity contribution in [3.05, 3.63) is 59.7 Å². The molecule has 1 aliphatic rings. The molecule has 0 radical (unpaired) electrons. The van der Waals surface area contributed by atoms with Crippen LogP contribution in [0.4, 0.5) is 5.13 Å². The second kappa shape index (κ2) is 7.46. The minimum absolute atomic E-state index is 0.0234. The molecule has 2 aromatic carbocycles. The fourth-order valence-corrected chi connectivity index (χ4v) is 4.44. The Morgan fingerprint density at radius 2 is 1.88 bits per heavy atom. The molecule has 5 heteroatoms. The molecular formula is C21H23N3OS. The summed E-state index contributed by atoms with van der Waals surface area (Å²) in [6, 6.07) is 15.8. The van der Waals surface area contributed by atoms with E-state index in [1.54, 1.807) is 11.3 Å². The van der Waals surface area contributed by atoms with E-state index in [1.165, 1.54) is 19.3 Å². The molecule has 1 aromatic heterocycles. The second-order valence-electron chi connectivity index (χ2n) is 6.83. The Labute approximate surface area is 157 Å². The molecular weight excluding hydrogens is 342 g/mol. The highest BCUT2D eigenvalue weighted by atomic mass is 32.1. The molecule has 1 saturated heterocycles. The summed E-state index contributed by atoms with van der Waals surface area (Å²) in [4.78, 5) is 19.8. The van der Waals surface area contributed by atoms with E-state index in [0.29, 0.717) is 5.56 Å². The zero-order valence-corrected chi connectivity index (χ0v) is 15.8. The summed E-state index contributed by atoms with van der Waals surface area (Å²) in [5.74, 6) is -0.0452. The number of hydrogen-bond donors (Lipinski definition) is 1. The minimum atomic E-state index is -0.0452. The van der Waals surface area contributed by atoms with Gasteiger partial charge >= 0.3 is 0 Å². The highest BCUT2D eigenvalue weighted by Crippen LogP contribution is 2.31. The Bertz CT molecular complexity index is 900. The summed E-state index contributed by atoms with van der Waals surface area (Å²) < 4.78 is 1.07. The zero-order chi connectivity index (χ0) is 17.9. The molecule has 3 aromatic rings. The first kappa shape index (κ1) is 17.0. The Morgan fingerprint density at radius 3 is 2.65 bits per heavy atom. The molecule has 4 nitrogen and oxygen atoms in total. The molecule has 0 saturated carbocycles. The first-order valence-corrected chi connectivity index (χ1v) is 10.0. The van der Waals surface area contributed by atoms with Crippen LogP contribution in [-0.2, 0) is 0 Å². The number of rotatable bonds is 4. The number of hydrogen-bond acceptors (Lipinski definition) is 4. The molecule has 1 aliphatic heterocycles. The van der Waals surface area contributed by atoms with Crippen LogP contribution in [0.1, 0.15) is 48.1 Å². The van der Waals surface area contributed by atoms with Crippen LogP contribution in [0.25, 0.3) is 10.2 Å². The fourth-order valence-electron chi connectivity index (χ4n) is 3.38. The van der Waals surface area contributed by atoms with Crippen LogP contribution in [0, 0.1) is 0 Å². The SMILES string of the molecule is C[C@H](NC(=O)c1ccc2nc(N3CCCCC3)sc2c1)c1ccccc1. The molecule has 1 atom stereocenters. The lowest BCUT2D eigenvalue weighted by molar-refractivity contribution is 0.0940. The molecule has 134 valence electrons. The van der Waals surface area contributed by atoms with Crippen molar-refractivity contribution in [3.63, 3.8) is 0 Å². The quantitative estimate of drug-likeness (QED) is 0.724. The number of anilines is 1. The van der Waals surface area contributed by atoms with Gasteiger partial charge in [0.1, 0.15) is 0 Å². The fraction of sp³-hybridized carbons (Fsp3) is 0.333. The molecule has 0 bridgehead atoms. The maximum absolute atomic E-state index is 12.6. The highest BCUT2D eigenvalue weighted by molar-refractivity contribution is 7.22. The number of carbonyl (C=O) groups excluding carboxylic acids is 1. The average molecular weight is 366 g/mol. The number of nitrogens with zero attached hydrogens (tertiary/aromatic N) is 2. The van der Waals surface area contributed by atoms with Gasteiger partial charge in [-0.3, -0.25) is 4.79 Å². The van der Waals surface area contributed by atoms with E-state index in [0.717, 1.165) is 34.0 Å². The van der Waals surface area contributed by atoms with Gasteiger partial charge in [0.25, 0.3) is 5.91 Å². The second-order valence-corrected chi connectivity index (χ2v) is 7.84. The maximum atomic E-state index is 12.6. The van der Waals surface area contributed by atoms with Crippen LogP contribution in [-0.4, -0.2) is 24.0 Å². The third-order valence-corrected chi connectivity index (χ3v) is 5.99. The van der Waals surface area contributed by atoms with E-state index in [2.05, 4.69) is 10.2 Å². The molecule has 4 rings (SSSR count). The van der Waals surface area contributed by atoms with Gasteiger partial charge in [0, 0.05) is 18.7 Å². The van der Waals surface area contributed by atoms with Crippen molar-refractivity contribution < 1.29 is 4.79 Å². The largest absolute Gasteiger partial charge is 0.348 e. The van der Waals surface area contributed by atoms with Crippen molar-refractivity contribution in [1.29, 1.82) is 0 Å². The summed E-state index contributed by atoms with van der Waals surface area (Å²) in [5, 5.41) is 4.16. The van der Waals surface area contributed by atoms with Crippen LogP contribution < -0.4 is 10.2 Å². The Hall–Kier alpha value is -2.40. The van der Waals surface area contributed by atoms with Crippen molar-refractivity contribution in [1.82, 2.24) is 10.3 Å². The van der Waals surface area contributed by atoms with Gasteiger partial charge in [-0.1, -0.05) is 41.7 Å². The zero-order valence-electron chi connectivity index (χ0n) is 14.9. The standard InChI is InChI=1S/C21H23N3OS/c1-15(16-8-4-2-5-9-16)22-20(25)17-10-11-18-19(14-17)26-21(23-18)24-12-6-3-7-13-24/h2,4-5,8-11,14-15H,3,6-7,12-13H2,1H3,(H,22,25)/t15-/m0/s1. The summed E-state index contributed by atoms with van der Waals surface area (Å²) in [6.07, 6.45) is 3.78. The van der Waals surface area contributed by atoms with Gasteiger partial charge < -0.3 is 10.2 Å². The molecule has 1 N–H and O–H groups in total. The third-order valence-electron chi connectivity index (χ3n) is 4.91. The van der Waals surface area contributed by atoms with E-state index >= 15 is 0 Å². The van der Waals surface area contributed by atoms with E-state index in [1.807, 2.05) is 55.5 Å². The smallest absolute Gasteiger partial charge is 0.251 e. The number of carbonyl (C=O) groups is 1. The predicted molar refractivity (Wildman–Crippen MR) is 108 cm³/mol. The van der Waals surface area contributed by atoms with Gasteiger partial charge in [-0.25, -0.2) is 4.98 Å². The van der Waals surface area contributed by atoms with Crippen LogP contribution in [0.3, 0.4) is 0 Å². The number of piperidine rings is 1. The molecule has 1 amide bonds. The van der Waals surface area contributed by atoms with E-state index in [9.17, 15) is 4.79 Å². The lowest BCUT2D eigenvalue weighted by atomic mass is 10.1. The maximum Gasteiger partial charge on any atom is 0.251 e.